The quantitative estimate of drug-likeness (QED) is 0.750. The Bertz CT molecular complexity index is 314. The predicted molar refractivity (Wildman–Crippen MR) is 55.6 cm³/mol. The number of aliphatic hydroxyl groups excluding tert-OH is 1. The monoisotopic (exact) mass is 193 g/mol. The van der Waals surface area contributed by atoms with Crippen LogP contribution in [0.3, 0.4) is 0 Å². The highest BCUT2D eigenvalue weighted by Crippen LogP contribution is 2.31. The summed E-state index contributed by atoms with van der Waals surface area (Å²) in [6.07, 6.45) is 0.734. The van der Waals surface area contributed by atoms with Gasteiger partial charge < -0.3 is 15.2 Å². The number of nitrogens with one attached hydrogen (secondary N) is 1. The zero-order valence-electron chi connectivity index (χ0n) is 8.23. The van der Waals surface area contributed by atoms with Crippen LogP contribution in [0, 0.1) is 0 Å². The highest BCUT2D eigenvalue weighted by atomic mass is 16.5. The molecule has 2 unspecified atom stereocenters. The summed E-state index contributed by atoms with van der Waals surface area (Å²) in [5.74, 6) is 0.879. The fraction of sp³-hybridized carbons (Fsp3) is 0.455. The lowest BCUT2D eigenvalue weighted by molar-refractivity contribution is 0.134. The topological polar surface area (TPSA) is 41.5 Å². The molecule has 0 bridgehead atoms. The Labute approximate surface area is 83.7 Å². The summed E-state index contributed by atoms with van der Waals surface area (Å²) in [5, 5.41) is 12.2. The van der Waals surface area contributed by atoms with E-state index in [1.165, 1.54) is 0 Å². The molecule has 0 amide bonds. The van der Waals surface area contributed by atoms with Crippen molar-refractivity contribution in [2.24, 2.45) is 0 Å². The number of rotatable bonds is 2. The number of anilines is 1. The number of hydrogen-bond acceptors (Lipinski definition) is 3. The Morgan fingerprint density at radius 2 is 2.21 bits per heavy atom. The van der Waals surface area contributed by atoms with Crippen LogP contribution in [-0.2, 0) is 0 Å². The maximum atomic E-state index is 8.88. The van der Waals surface area contributed by atoms with Crippen LogP contribution in [0.2, 0.25) is 0 Å². The highest BCUT2D eigenvalue weighted by Gasteiger charge is 2.24. The molecule has 1 heterocycles. The first kappa shape index (κ1) is 9.34. The highest BCUT2D eigenvalue weighted by molar-refractivity contribution is 5.58. The van der Waals surface area contributed by atoms with Crippen LogP contribution in [0.5, 0.6) is 5.75 Å². The van der Waals surface area contributed by atoms with Gasteiger partial charge in [0.25, 0.3) is 0 Å². The van der Waals surface area contributed by atoms with Crippen molar-refractivity contribution < 1.29 is 9.84 Å². The zero-order valence-corrected chi connectivity index (χ0v) is 8.23. The molecule has 0 saturated heterocycles. The summed E-state index contributed by atoms with van der Waals surface area (Å²) < 4.78 is 5.76. The second kappa shape index (κ2) is 3.88. The van der Waals surface area contributed by atoms with Gasteiger partial charge in [0.2, 0.25) is 0 Å². The van der Waals surface area contributed by atoms with Crippen molar-refractivity contribution in [2.45, 2.75) is 25.5 Å². The second-order valence-electron chi connectivity index (χ2n) is 3.60. The van der Waals surface area contributed by atoms with E-state index in [9.17, 15) is 0 Å². The first-order chi connectivity index (χ1) is 6.81. The third-order valence-electron chi connectivity index (χ3n) is 2.52. The Kier molecular flexibility index (Phi) is 2.59. The predicted octanol–water partition coefficient (Wildman–Crippen LogP) is 1.63. The summed E-state index contributed by atoms with van der Waals surface area (Å²) >= 11 is 0. The molecule has 1 aromatic rings. The summed E-state index contributed by atoms with van der Waals surface area (Å²) in [7, 11) is 0. The average Bonchev–Trinajstić information content (AvgIpc) is 2.19. The number of fused-ring (bicyclic) bond motifs is 1. The Hall–Kier alpha value is -1.22. The lowest BCUT2D eigenvalue weighted by Crippen LogP contribution is -2.39. The van der Waals surface area contributed by atoms with Crippen LogP contribution in [0.25, 0.3) is 0 Å². The van der Waals surface area contributed by atoms with Gasteiger partial charge in [-0.05, 0) is 19.1 Å². The molecule has 3 heteroatoms. The van der Waals surface area contributed by atoms with E-state index in [1.807, 2.05) is 24.3 Å². The van der Waals surface area contributed by atoms with E-state index in [0.717, 1.165) is 11.4 Å². The number of aliphatic hydroxyl groups is 1. The first-order valence-corrected chi connectivity index (χ1v) is 4.94. The van der Waals surface area contributed by atoms with E-state index < -0.39 is 0 Å². The normalized spacial score (nSPS) is 24.7. The van der Waals surface area contributed by atoms with Gasteiger partial charge in [-0.15, -0.1) is 0 Å². The maximum absolute atomic E-state index is 8.88. The molecule has 0 saturated carbocycles. The van der Waals surface area contributed by atoms with Crippen LogP contribution < -0.4 is 10.1 Å². The fourth-order valence-electron chi connectivity index (χ4n) is 1.73. The summed E-state index contributed by atoms with van der Waals surface area (Å²) in [5.41, 5.74) is 1.04. The fourth-order valence-corrected chi connectivity index (χ4v) is 1.73. The average molecular weight is 193 g/mol. The van der Waals surface area contributed by atoms with Crippen molar-refractivity contribution in [1.29, 1.82) is 0 Å². The van der Waals surface area contributed by atoms with Gasteiger partial charge in [-0.3, -0.25) is 0 Å². The van der Waals surface area contributed by atoms with E-state index >= 15 is 0 Å². The van der Waals surface area contributed by atoms with Crippen molar-refractivity contribution in [3.63, 3.8) is 0 Å². The number of benzene rings is 1. The minimum absolute atomic E-state index is 0.0647. The number of ether oxygens (including phenoxy) is 1. The minimum Gasteiger partial charge on any atom is -0.486 e. The van der Waals surface area contributed by atoms with E-state index in [0.29, 0.717) is 6.42 Å². The van der Waals surface area contributed by atoms with Crippen molar-refractivity contribution in [3.8, 4) is 5.75 Å². The van der Waals surface area contributed by atoms with Gasteiger partial charge in [0.05, 0.1) is 11.7 Å². The van der Waals surface area contributed by atoms with Gasteiger partial charge in [0.15, 0.2) is 0 Å². The zero-order chi connectivity index (χ0) is 9.97. The van der Waals surface area contributed by atoms with Gasteiger partial charge in [-0.2, -0.15) is 0 Å². The Balaban J connectivity index is 2.18. The molecular weight excluding hydrogens is 178 g/mol. The molecule has 3 nitrogen and oxygen atoms in total. The molecule has 2 rings (SSSR count). The van der Waals surface area contributed by atoms with E-state index in [-0.39, 0.29) is 18.8 Å². The minimum atomic E-state index is 0.0647. The molecule has 0 aliphatic carbocycles. The van der Waals surface area contributed by atoms with Gasteiger partial charge >= 0.3 is 0 Å². The molecule has 1 aliphatic heterocycles. The molecule has 14 heavy (non-hydrogen) atoms. The van der Waals surface area contributed by atoms with E-state index in [2.05, 4.69) is 12.2 Å². The molecule has 0 aromatic heterocycles. The molecule has 1 aromatic carbocycles. The molecule has 1 aliphatic rings. The van der Waals surface area contributed by atoms with Crippen molar-refractivity contribution >= 4 is 5.69 Å². The molecule has 2 N–H and O–H groups in total. The largest absolute Gasteiger partial charge is 0.486 e. The third-order valence-corrected chi connectivity index (χ3v) is 2.52. The molecule has 0 fully saturated rings. The van der Waals surface area contributed by atoms with Gasteiger partial charge in [-0.1, -0.05) is 12.1 Å². The van der Waals surface area contributed by atoms with Crippen LogP contribution in [0.15, 0.2) is 24.3 Å². The SMILES string of the molecule is CC1Nc2ccccc2OC1CCO. The molecule has 76 valence electrons. The van der Waals surface area contributed by atoms with E-state index in [1.54, 1.807) is 0 Å². The maximum Gasteiger partial charge on any atom is 0.142 e. The third kappa shape index (κ3) is 1.68. The van der Waals surface area contributed by atoms with Crippen LogP contribution in [0.4, 0.5) is 5.69 Å². The molecule has 2 atom stereocenters. The summed E-state index contributed by atoms with van der Waals surface area (Å²) in [6, 6.07) is 8.12. The van der Waals surface area contributed by atoms with Crippen molar-refractivity contribution in [3.05, 3.63) is 24.3 Å². The summed E-state index contributed by atoms with van der Waals surface area (Å²) in [4.78, 5) is 0. The van der Waals surface area contributed by atoms with Gasteiger partial charge in [0.1, 0.15) is 11.9 Å². The molecule has 0 radical (unpaired) electrons. The Morgan fingerprint density at radius 1 is 1.43 bits per heavy atom. The number of para-hydroxylation sites is 2. The van der Waals surface area contributed by atoms with E-state index in [4.69, 9.17) is 9.84 Å². The standard InChI is InChI=1S/C11H15NO2/c1-8-10(6-7-13)14-11-5-3-2-4-9(11)12-8/h2-5,8,10,12-13H,6-7H2,1H3. The van der Waals surface area contributed by atoms with Crippen LogP contribution >= 0.6 is 0 Å². The van der Waals surface area contributed by atoms with Gasteiger partial charge in [-0.25, -0.2) is 0 Å². The van der Waals surface area contributed by atoms with Crippen molar-refractivity contribution in [1.82, 2.24) is 0 Å². The van der Waals surface area contributed by atoms with Crippen molar-refractivity contribution in [2.75, 3.05) is 11.9 Å². The first-order valence-electron chi connectivity index (χ1n) is 4.94. The molecule has 0 spiro atoms. The number of hydrogen-bond donors (Lipinski definition) is 2. The van der Waals surface area contributed by atoms with Crippen LogP contribution in [-0.4, -0.2) is 23.9 Å². The second-order valence-corrected chi connectivity index (χ2v) is 3.60. The van der Waals surface area contributed by atoms with Crippen LogP contribution in [0.1, 0.15) is 13.3 Å². The molecular formula is C11H15NO2. The lowest BCUT2D eigenvalue weighted by Gasteiger charge is -2.32. The Morgan fingerprint density at radius 3 is 3.00 bits per heavy atom. The lowest BCUT2D eigenvalue weighted by atomic mass is 10.1. The smallest absolute Gasteiger partial charge is 0.142 e. The summed E-state index contributed by atoms with van der Waals surface area (Å²) in [6.45, 7) is 2.23. The van der Waals surface area contributed by atoms with Gasteiger partial charge in [0, 0.05) is 13.0 Å².